The average Bonchev–Trinajstić information content (AvgIpc) is 3.13. The number of fused-ring (bicyclic) bond motifs is 2. The molecule has 0 saturated heterocycles. The van der Waals surface area contributed by atoms with Gasteiger partial charge in [0.25, 0.3) is 0 Å². The first-order chi connectivity index (χ1) is 10.4. The number of hydrogen-bond acceptors (Lipinski definition) is 4. The van der Waals surface area contributed by atoms with Crippen molar-refractivity contribution in [3.63, 3.8) is 0 Å². The summed E-state index contributed by atoms with van der Waals surface area (Å²) in [5.74, 6) is 0.267. The molecular formula is C18H24O4. The van der Waals surface area contributed by atoms with Crippen LogP contribution >= 0.6 is 0 Å². The Morgan fingerprint density at radius 3 is 2.55 bits per heavy atom. The van der Waals surface area contributed by atoms with Gasteiger partial charge in [-0.2, -0.15) is 0 Å². The lowest BCUT2D eigenvalue weighted by Crippen LogP contribution is -2.34. The fourth-order valence-electron chi connectivity index (χ4n) is 3.99. The van der Waals surface area contributed by atoms with Crippen LogP contribution in [0.3, 0.4) is 0 Å². The molecule has 0 aliphatic heterocycles. The number of esters is 2. The molecular weight excluding hydrogens is 280 g/mol. The monoisotopic (exact) mass is 304 g/mol. The Morgan fingerprint density at radius 2 is 1.95 bits per heavy atom. The van der Waals surface area contributed by atoms with Gasteiger partial charge in [-0.15, -0.1) is 0 Å². The fraction of sp³-hybridized carbons (Fsp3) is 0.667. The molecule has 0 spiro atoms. The molecule has 0 aromatic heterocycles. The average molecular weight is 304 g/mol. The Kier molecular flexibility index (Phi) is 3.87. The van der Waals surface area contributed by atoms with Crippen molar-refractivity contribution in [1.29, 1.82) is 0 Å². The standard InChI is InChI=1S/C18H24O4/c1-11(2)16(19)21-15-10-12-8-13(15)14(9-12)17(20)22-18(3)6-4-5-7-18/h10,12-14H,1,4-9H2,2-3H3. The number of rotatable bonds is 4. The van der Waals surface area contributed by atoms with Crippen LogP contribution in [0, 0.1) is 17.8 Å². The van der Waals surface area contributed by atoms with Gasteiger partial charge >= 0.3 is 11.9 Å². The van der Waals surface area contributed by atoms with Gasteiger partial charge in [-0.3, -0.25) is 4.79 Å². The third-order valence-corrected chi connectivity index (χ3v) is 5.23. The van der Waals surface area contributed by atoms with Crippen LogP contribution in [0.5, 0.6) is 0 Å². The van der Waals surface area contributed by atoms with Crippen LogP contribution in [0.4, 0.5) is 0 Å². The third-order valence-electron chi connectivity index (χ3n) is 5.23. The van der Waals surface area contributed by atoms with Crippen LogP contribution in [-0.2, 0) is 19.1 Å². The number of allylic oxidation sites excluding steroid dienone is 2. The summed E-state index contributed by atoms with van der Waals surface area (Å²) >= 11 is 0. The van der Waals surface area contributed by atoms with Crippen LogP contribution in [-0.4, -0.2) is 17.5 Å². The Bertz CT molecular complexity index is 539. The molecule has 3 rings (SSSR count). The van der Waals surface area contributed by atoms with E-state index in [0.717, 1.165) is 38.5 Å². The second kappa shape index (κ2) is 5.56. The van der Waals surface area contributed by atoms with Gasteiger partial charge in [0.15, 0.2) is 0 Å². The number of hydrogen-bond donors (Lipinski definition) is 0. The summed E-state index contributed by atoms with van der Waals surface area (Å²) in [7, 11) is 0. The van der Waals surface area contributed by atoms with Crippen molar-refractivity contribution in [2.24, 2.45) is 17.8 Å². The summed E-state index contributed by atoms with van der Waals surface area (Å²) in [6.45, 7) is 7.26. The van der Waals surface area contributed by atoms with Gasteiger partial charge in [0.05, 0.1) is 5.92 Å². The van der Waals surface area contributed by atoms with Crippen LogP contribution in [0.15, 0.2) is 24.0 Å². The molecule has 0 N–H and O–H groups in total. The van der Waals surface area contributed by atoms with E-state index < -0.39 is 5.97 Å². The minimum Gasteiger partial charge on any atom is -0.459 e. The van der Waals surface area contributed by atoms with Crippen molar-refractivity contribution in [2.45, 2.75) is 58.0 Å². The van der Waals surface area contributed by atoms with Crippen LogP contribution < -0.4 is 0 Å². The Balaban J connectivity index is 1.64. The first kappa shape index (κ1) is 15.3. The zero-order valence-corrected chi connectivity index (χ0v) is 13.4. The van der Waals surface area contributed by atoms with Crippen LogP contribution in [0.25, 0.3) is 0 Å². The van der Waals surface area contributed by atoms with Crippen molar-refractivity contribution >= 4 is 11.9 Å². The zero-order chi connectivity index (χ0) is 15.9. The number of carbonyl (C=O) groups is 2. The molecule has 0 radical (unpaired) electrons. The Hall–Kier alpha value is -1.58. The molecule has 0 amide bonds. The molecule has 4 nitrogen and oxygen atoms in total. The lowest BCUT2D eigenvalue weighted by molar-refractivity contribution is -0.164. The highest BCUT2D eigenvalue weighted by Gasteiger charge is 2.48. The molecule has 3 atom stereocenters. The van der Waals surface area contributed by atoms with E-state index in [2.05, 4.69) is 6.58 Å². The Morgan fingerprint density at radius 1 is 1.27 bits per heavy atom. The van der Waals surface area contributed by atoms with Crippen molar-refractivity contribution < 1.29 is 19.1 Å². The summed E-state index contributed by atoms with van der Waals surface area (Å²) in [6.07, 6.45) is 7.85. The highest BCUT2D eigenvalue weighted by Crippen LogP contribution is 2.49. The van der Waals surface area contributed by atoms with Crippen molar-refractivity contribution in [2.75, 3.05) is 0 Å². The molecule has 3 aliphatic carbocycles. The highest BCUT2D eigenvalue weighted by molar-refractivity contribution is 5.88. The van der Waals surface area contributed by atoms with E-state index in [1.165, 1.54) is 0 Å². The predicted molar refractivity (Wildman–Crippen MR) is 81.7 cm³/mol. The molecule has 3 unspecified atom stereocenters. The zero-order valence-electron chi connectivity index (χ0n) is 13.4. The molecule has 2 bridgehead atoms. The third kappa shape index (κ3) is 2.83. The maximum Gasteiger partial charge on any atom is 0.338 e. The fourth-order valence-corrected chi connectivity index (χ4v) is 3.99. The van der Waals surface area contributed by atoms with Gasteiger partial charge in [0, 0.05) is 11.5 Å². The molecule has 4 heteroatoms. The summed E-state index contributed by atoms with van der Waals surface area (Å²) in [5, 5.41) is 0. The Labute approximate surface area is 131 Å². The molecule has 0 aromatic carbocycles. The van der Waals surface area contributed by atoms with E-state index >= 15 is 0 Å². The first-order valence-corrected chi connectivity index (χ1v) is 8.20. The topological polar surface area (TPSA) is 52.6 Å². The summed E-state index contributed by atoms with van der Waals surface area (Å²) < 4.78 is 11.2. The van der Waals surface area contributed by atoms with Crippen molar-refractivity contribution in [3.05, 3.63) is 24.0 Å². The summed E-state index contributed by atoms with van der Waals surface area (Å²) in [6, 6.07) is 0. The normalized spacial score (nSPS) is 31.7. The lowest BCUT2D eigenvalue weighted by Gasteiger charge is -2.29. The molecule has 22 heavy (non-hydrogen) atoms. The second-order valence-electron chi connectivity index (χ2n) is 7.26. The van der Waals surface area contributed by atoms with E-state index in [1.54, 1.807) is 6.92 Å². The van der Waals surface area contributed by atoms with E-state index in [-0.39, 0.29) is 23.4 Å². The van der Waals surface area contributed by atoms with Crippen molar-refractivity contribution in [3.8, 4) is 0 Å². The minimum atomic E-state index is -0.409. The lowest BCUT2D eigenvalue weighted by atomic mass is 9.91. The van der Waals surface area contributed by atoms with E-state index in [9.17, 15) is 9.59 Å². The molecule has 0 heterocycles. The van der Waals surface area contributed by atoms with Crippen LogP contribution in [0.2, 0.25) is 0 Å². The maximum atomic E-state index is 12.6. The maximum absolute atomic E-state index is 12.6. The summed E-state index contributed by atoms with van der Waals surface area (Å²) in [4.78, 5) is 24.3. The van der Waals surface area contributed by atoms with Gasteiger partial charge in [0.2, 0.25) is 0 Å². The first-order valence-electron chi connectivity index (χ1n) is 8.20. The predicted octanol–water partition coefficient (Wildman–Crippen LogP) is 3.52. The van der Waals surface area contributed by atoms with Crippen LogP contribution in [0.1, 0.15) is 52.4 Å². The molecule has 0 aromatic rings. The quantitative estimate of drug-likeness (QED) is 0.589. The van der Waals surface area contributed by atoms with Gasteiger partial charge in [-0.1, -0.05) is 6.58 Å². The SMILES string of the molecule is C=C(C)C(=O)OC1=CC2CC(C(=O)OC3(C)CCCC3)C1C2. The van der Waals surface area contributed by atoms with Gasteiger partial charge < -0.3 is 9.47 Å². The number of carbonyl (C=O) groups excluding carboxylic acids is 2. The highest BCUT2D eigenvalue weighted by atomic mass is 16.6. The van der Waals surface area contributed by atoms with E-state index in [0.29, 0.717) is 17.3 Å². The molecule has 3 aliphatic rings. The van der Waals surface area contributed by atoms with Gasteiger partial charge in [-0.05, 0) is 64.4 Å². The molecule has 2 saturated carbocycles. The second-order valence-corrected chi connectivity index (χ2v) is 7.26. The minimum absolute atomic E-state index is 0.00852. The van der Waals surface area contributed by atoms with Gasteiger partial charge in [-0.25, -0.2) is 4.79 Å². The molecule has 2 fully saturated rings. The largest absolute Gasteiger partial charge is 0.459 e. The smallest absolute Gasteiger partial charge is 0.338 e. The van der Waals surface area contributed by atoms with E-state index in [1.807, 2.05) is 13.0 Å². The van der Waals surface area contributed by atoms with Gasteiger partial charge in [0.1, 0.15) is 11.4 Å². The van der Waals surface area contributed by atoms with Crippen molar-refractivity contribution in [1.82, 2.24) is 0 Å². The van der Waals surface area contributed by atoms with E-state index in [4.69, 9.17) is 9.47 Å². The summed E-state index contributed by atoms with van der Waals surface area (Å²) in [5.41, 5.74) is 0.0817. The molecule has 120 valence electrons. The number of ether oxygens (including phenoxy) is 2.